The zero-order valence-corrected chi connectivity index (χ0v) is 18.8. The summed E-state index contributed by atoms with van der Waals surface area (Å²) in [6.07, 6.45) is -0.111. The van der Waals surface area contributed by atoms with Gasteiger partial charge in [-0.1, -0.05) is 35.0 Å². The summed E-state index contributed by atoms with van der Waals surface area (Å²) in [4.78, 5) is 13.9. The summed E-state index contributed by atoms with van der Waals surface area (Å²) in [5, 5.41) is 10.4. The Hall–Kier alpha value is -1.44. The molecule has 7 heteroatoms. The fraction of sp³-hybridized carbons (Fsp3) is 0.409. The molecule has 2 aromatic rings. The van der Waals surface area contributed by atoms with E-state index >= 15 is 0 Å². The van der Waals surface area contributed by atoms with Crippen molar-refractivity contribution in [2.24, 2.45) is 0 Å². The zero-order valence-electron chi connectivity index (χ0n) is 16.4. The largest absolute Gasteiger partial charge is 0.491 e. The second kappa shape index (κ2) is 11.7. The van der Waals surface area contributed by atoms with E-state index in [-0.39, 0.29) is 30.9 Å². The molecule has 5 nitrogen and oxygen atoms in total. The van der Waals surface area contributed by atoms with Crippen LogP contribution in [0.4, 0.5) is 0 Å². The van der Waals surface area contributed by atoms with Crippen LogP contribution in [-0.2, 0) is 4.74 Å². The molecule has 1 saturated heterocycles. The first-order valence-electron chi connectivity index (χ1n) is 9.58. The molecule has 0 radical (unpaired) electrons. The van der Waals surface area contributed by atoms with Crippen LogP contribution in [0.15, 0.2) is 53.0 Å². The Morgan fingerprint density at radius 3 is 2.76 bits per heavy atom. The third-order valence-corrected chi connectivity index (χ3v) is 5.27. The van der Waals surface area contributed by atoms with Gasteiger partial charge in [-0.25, -0.2) is 0 Å². The molecule has 2 atom stereocenters. The molecular formula is C22H27BrClNO4. The molecule has 2 unspecified atom stereocenters. The molecule has 1 aliphatic rings. The number of aliphatic hydroxyl groups excluding tert-OH is 1. The minimum atomic E-state index is -0.599. The lowest BCUT2D eigenvalue weighted by Crippen LogP contribution is -2.43. The molecule has 0 spiro atoms. The number of β-amino-alcohol motifs (C(OH)–C–C–N with tert-alkyl or cyclic N) is 1. The molecule has 2 aromatic carbocycles. The van der Waals surface area contributed by atoms with Crippen LogP contribution in [0.1, 0.15) is 35.4 Å². The van der Waals surface area contributed by atoms with Crippen LogP contribution >= 0.6 is 28.3 Å². The maximum atomic E-state index is 11.7. The fourth-order valence-corrected chi connectivity index (χ4v) is 3.68. The molecule has 3 rings (SSSR count). The average molecular weight is 485 g/mol. The van der Waals surface area contributed by atoms with E-state index in [1.165, 1.54) is 0 Å². The smallest absolute Gasteiger partial charge is 0.162 e. The minimum Gasteiger partial charge on any atom is -0.491 e. The van der Waals surface area contributed by atoms with Crippen molar-refractivity contribution < 1.29 is 19.4 Å². The number of aliphatic hydroxyl groups is 1. The SMILES string of the molecule is CCC(=O)c1ccc(OCC(O)CN2CCOC(c3cccc(Br)c3)C2)cc1.Cl. The molecule has 0 aliphatic carbocycles. The van der Waals surface area contributed by atoms with E-state index in [0.29, 0.717) is 30.9 Å². The maximum Gasteiger partial charge on any atom is 0.162 e. The van der Waals surface area contributed by atoms with Gasteiger partial charge >= 0.3 is 0 Å². The van der Waals surface area contributed by atoms with Gasteiger partial charge in [0.25, 0.3) is 0 Å². The highest BCUT2D eigenvalue weighted by molar-refractivity contribution is 9.10. The second-order valence-corrected chi connectivity index (χ2v) is 7.86. The zero-order chi connectivity index (χ0) is 19.9. The molecule has 158 valence electrons. The highest BCUT2D eigenvalue weighted by Gasteiger charge is 2.24. The number of nitrogens with zero attached hydrogens (tertiary/aromatic N) is 1. The summed E-state index contributed by atoms with van der Waals surface area (Å²) in [7, 11) is 0. The highest BCUT2D eigenvalue weighted by atomic mass is 79.9. The van der Waals surface area contributed by atoms with Crippen molar-refractivity contribution >= 4 is 34.1 Å². The number of benzene rings is 2. The third-order valence-electron chi connectivity index (χ3n) is 4.78. The van der Waals surface area contributed by atoms with E-state index in [2.05, 4.69) is 33.0 Å². The van der Waals surface area contributed by atoms with Crippen molar-refractivity contribution in [2.75, 3.05) is 32.8 Å². The number of ether oxygens (including phenoxy) is 2. The quantitative estimate of drug-likeness (QED) is 0.567. The molecule has 1 N–H and O–H groups in total. The normalized spacial score (nSPS) is 18.0. The maximum absolute atomic E-state index is 11.7. The lowest BCUT2D eigenvalue weighted by Gasteiger charge is -2.34. The lowest BCUT2D eigenvalue weighted by atomic mass is 10.1. The number of Topliss-reactive ketones (excluding diaryl/α,β-unsaturated/α-hetero) is 1. The number of rotatable bonds is 8. The van der Waals surface area contributed by atoms with Gasteiger partial charge in [-0.05, 0) is 42.0 Å². The molecule has 29 heavy (non-hydrogen) atoms. The molecule has 1 aliphatic heterocycles. The van der Waals surface area contributed by atoms with Gasteiger partial charge in [0.2, 0.25) is 0 Å². The lowest BCUT2D eigenvalue weighted by molar-refractivity contribution is -0.0459. The van der Waals surface area contributed by atoms with E-state index in [1.54, 1.807) is 24.3 Å². The molecular weight excluding hydrogens is 458 g/mol. The van der Waals surface area contributed by atoms with Gasteiger partial charge < -0.3 is 14.6 Å². The van der Waals surface area contributed by atoms with Crippen LogP contribution in [0.3, 0.4) is 0 Å². The summed E-state index contributed by atoms with van der Waals surface area (Å²) in [6.45, 7) is 4.74. The summed E-state index contributed by atoms with van der Waals surface area (Å²) in [5.74, 6) is 0.764. The first kappa shape index (κ1) is 23.8. The Balaban J connectivity index is 0.00000300. The Labute approximate surface area is 186 Å². The van der Waals surface area contributed by atoms with E-state index in [1.807, 2.05) is 19.1 Å². The van der Waals surface area contributed by atoms with Crippen LogP contribution in [0.5, 0.6) is 5.75 Å². The van der Waals surface area contributed by atoms with Crippen molar-refractivity contribution in [3.8, 4) is 5.75 Å². The van der Waals surface area contributed by atoms with E-state index in [9.17, 15) is 9.90 Å². The summed E-state index contributed by atoms with van der Waals surface area (Å²) in [5.41, 5.74) is 1.81. The Bertz CT molecular complexity index is 787. The number of hydrogen-bond acceptors (Lipinski definition) is 5. The topological polar surface area (TPSA) is 59.0 Å². The molecule has 1 heterocycles. The number of halogens is 2. The number of morpholine rings is 1. The van der Waals surface area contributed by atoms with Crippen LogP contribution in [0.2, 0.25) is 0 Å². The highest BCUT2D eigenvalue weighted by Crippen LogP contribution is 2.25. The summed E-state index contributed by atoms with van der Waals surface area (Å²) < 4.78 is 12.6. The molecule has 0 bridgehead atoms. The van der Waals surface area contributed by atoms with Crippen LogP contribution in [0.25, 0.3) is 0 Å². The predicted molar refractivity (Wildman–Crippen MR) is 119 cm³/mol. The van der Waals surface area contributed by atoms with Gasteiger partial charge in [0.05, 0.1) is 12.7 Å². The number of ketones is 1. The Morgan fingerprint density at radius 2 is 2.07 bits per heavy atom. The van der Waals surface area contributed by atoms with Gasteiger partial charge in [-0.15, -0.1) is 12.4 Å². The molecule has 0 saturated carbocycles. The van der Waals surface area contributed by atoms with Crippen molar-refractivity contribution in [1.29, 1.82) is 0 Å². The van der Waals surface area contributed by atoms with Gasteiger partial charge in [0, 0.05) is 36.1 Å². The van der Waals surface area contributed by atoms with Gasteiger partial charge in [-0.2, -0.15) is 0 Å². The molecule has 0 amide bonds. The summed E-state index contributed by atoms with van der Waals surface area (Å²) in [6, 6.07) is 15.2. The Kier molecular flexibility index (Phi) is 9.59. The monoisotopic (exact) mass is 483 g/mol. The standard InChI is InChI=1S/C22H26BrNO4.ClH/c1-2-21(26)16-6-8-20(9-7-16)28-15-19(25)13-24-10-11-27-22(14-24)17-4-3-5-18(23)12-17;/h3-9,12,19,22,25H,2,10-11,13-15H2,1H3;1H. The first-order valence-corrected chi connectivity index (χ1v) is 10.4. The van der Waals surface area contributed by atoms with Crippen LogP contribution in [0, 0.1) is 0 Å². The van der Waals surface area contributed by atoms with Crippen LogP contribution < -0.4 is 4.74 Å². The molecule has 1 fully saturated rings. The minimum absolute atomic E-state index is 0. The van der Waals surface area contributed by atoms with Crippen molar-refractivity contribution in [3.63, 3.8) is 0 Å². The predicted octanol–water partition coefficient (Wildman–Crippen LogP) is 4.28. The summed E-state index contributed by atoms with van der Waals surface area (Å²) >= 11 is 3.50. The third kappa shape index (κ3) is 7.08. The fourth-order valence-electron chi connectivity index (χ4n) is 3.26. The Morgan fingerprint density at radius 1 is 1.31 bits per heavy atom. The number of carbonyl (C=O) groups excluding carboxylic acids is 1. The van der Waals surface area contributed by atoms with Crippen molar-refractivity contribution in [1.82, 2.24) is 4.90 Å². The van der Waals surface area contributed by atoms with Crippen LogP contribution in [-0.4, -0.2) is 54.7 Å². The van der Waals surface area contributed by atoms with Crippen molar-refractivity contribution in [3.05, 3.63) is 64.1 Å². The van der Waals surface area contributed by atoms with E-state index in [4.69, 9.17) is 9.47 Å². The number of carbonyl (C=O) groups is 1. The van der Waals surface area contributed by atoms with Gasteiger partial charge in [0.1, 0.15) is 18.5 Å². The van der Waals surface area contributed by atoms with Gasteiger partial charge in [-0.3, -0.25) is 9.69 Å². The second-order valence-electron chi connectivity index (χ2n) is 6.94. The van der Waals surface area contributed by atoms with E-state index in [0.717, 1.165) is 23.1 Å². The molecule has 0 aromatic heterocycles. The first-order chi connectivity index (χ1) is 13.5. The number of hydrogen-bond donors (Lipinski definition) is 1. The average Bonchev–Trinajstić information content (AvgIpc) is 2.72. The van der Waals surface area contributed by atoms with E-state index < -0.39 is 6.10 Å². The van der Waals surface area contributed by atoms with Gasteiger partial charge in [0.15, 0.2) is 5.78 Å². The van der Waals surface area contributed by atoms with Crippen molar-refractivity contribution in [2.45, 2.75) is 25.6 Å².